The maximum absolute atomic E-state index is 8.78. The average Bonchev–Trinajstić information content (AvgIpc) is 2.24. The molecule has 0 fully saturated rings. The number of amides is 1. The van der Waals surface area contributed by atoms with E-state index in [9.17, 15) is 0 Å². The molecule has 5 heteroatoms. The largest absolute Gasteiger partial charge is 0.465 e. The summed E-state index contributed by atoms with van der Waals surface area (Å²) in [6, 6.07) is 8.00. The molecule has 1 aromatic carbocycles. The summed E-state index contributed by atoms with van der Waals surface area (Å²) >= 11 is 5.90. The Balaban J connectivity index is 0. The van der Waals surface area contributed by atoms with Crippen molar-refractivity contribution < 1.29 is 15.0 Å². The fourth-order valence-electron chi connectivity index (χ4n) is 0.970. The molecule has 0 saturated heterocycles. The summed E-state index contributed by atoms with van der Waals surface area (Å²) in [5, 5.41) is 15.1. The lowest BCUT2D eigenvalue weighted by molar-refractivity contribution is 0.205. The van der Waals surface area contributed by atoms with Crippen LogP contribution in [0.25, 0.3) is 0 Å². The predicted molar refractivity (Wildman–Crippen MR) is 65.8 cm³/mol. The van der Waals surface area contributed by atoms with E-state index in [4.69, 9.17) is 26.6 Å². The van der Waals surface area contributed by atoms with Crippen molar-refractivity contribution >= 4 is 17.7 Å². The first kappa shape index (κ1) is 17.1. The number of nitrogens with two attached hydrogens (primary N) is 1. The van der Waals surface area contributed by atoms with Gasteiger partial charge in [0.1, 0.15) is 0 Å². The maximum atomic E-state index is 8.78. The van der Waals surface area contributed by atoms with E-state index in [0.717, 1.165) is 25.0 Å². The van der Waals surface area contributed by atoms with Gasteiger partial charge in [-0.3, -0.25) is 0 Å². The third-order valence-electron chi connectivity index (χ3n) is 1.48. The highest BCUT2D eigenvalue weighted by Gasteiger charge is 1.94. The predicted octanol–water partition coefficient (Wildman–Crippen LogP) is 2.52. The molecule has 1 rings (SSSR count). The van der Waals surface area contributed by atoms with Crippen LogP contribution in [-0.2, 0) is 6.42 Å². The molecule has 4 nitrogen and oxygen atoms in total. The highest BCUT2D eigenvalue weighted by molar-refractivity contribution is 6.31. The highest BCUT2D eigenvalue weighted by Crippen LogP contribution is 2.15. The van der Waals surface area contributed by atoms with E-state index in [2.05, 4.69) is 18.7 Å². The molecular formula is C11H18ClNO3. The number of aryl methyl sites for hydroxylation is 1. The molecule has 0 unspecified atom stereocenters. The van der Waals surface area contributed by atoms with Gasteiger partial charge in [0.15, 0.2) is 0 Å². The van der Waals surface area contributed by atoms with Gasteiger partial charge < -0.3 is 15.9 Å². The molecule has 0 atom stereocenters. The van der Waals surface area contributed by atoms with Crippen molar-refractivity contribution in [1.29, 1.82) is 0 Å². The molecule has 0 bridgehead atoms. The van der Waals surface area contributed by atoms with Gasteiger partial charge in [0, 0.05) is 12.1 Å². The van der Waals surface area contributed by atoms with Crippen molar-refractivity contribution in [3.05, 3.63) is 34.9 Å². The van der Waals surface area contributed by atoms with Crippen molar-refractivity contribution in [3.8, 4) is 0 Å². The van der Waals surface area contributed by atoms with Crippen LogP contribution in [0.1, 0.15) is 18.9 Å². The molecular weight excluding hydrogens is 230 g/mol. The molecule has 1 aromatic rings. The Morgan fingerprint density at radius 1 is 1.38 bits per heavy atom. The smallest absolute Gasteiger partial charge is 0.402 e. The first-order valence-corrected chi connectivity index (χ1v) is 5.12. The Kier molecular flexibility index (Phi) is 12.7. The minimum Gasteiger partial charge on any atom is -0.465 e. The molecule has 0 aromatic heterocycles. The lowest BCUT2D eigenvalue weighted by Crippen LogP contribution is -2.03. The van der Waals surface area contributed by atoms with Crippen LogP contribution in [-0.4, -0.2) is 23.4 Å². The van der Waals surface area contributed by atoms with Crippen LogP contribution in [0.4, 0.5) is 4.79 Å². The van der Waals surface area contributed by atoms with Gasteiger partial charge in [-0.15, -0.1) is 0 Å². The van der Waals surface area contributed by atoms with Crippen molar-refractivity contribution in [2.45, 2.75) is 19.8 Å². The SMILES string of the molecule is CCCc1ccccc1Cl.CO.NC(=O)O. The third kappa shape index (κ3) is 10.8. The topological polar surface area (TPSA) is 83.5 Å². The lowest BCUT2D eigenvalue weighted by Gasteiger charge is -1.99. The van der Waals surface area contributed by atoms with Crippen LogP contribution in [0.15, 0.2) is 24.3 Å². The number of halogens is 1. The van der Waals surface area contributed by atoms with Crippen molar-refractivity contribution in [2.75, 3.05) is 7.11 Å². The van der Waals surface area contributed by atoms with Crippen molar-refractivity contribution in [2.24, 2.45) is 5.73 Å². The van der Waals surface area contributed by atoms with Gasteiger partial charge in [0.25, 0.3) is 0 Å². The quantitative estimate of drug-likeness (QED) is 0.751. The second kappa shape index (κ2) is 11.8. The first-order chi connectivity index (χ1) is 7.57. The number of carbonyl (C=O) groups is 1. The molecule has 1 amide bonds. The third-order valence-corrected chi connectivity index (χ3v) is 1.85. The van der Waals surface area contributed by atoms with Gasteiger partial charge in [-0.1, -0.05) is 43.1 Å². The molecule has 0 heterocycles. The highest BCUT2D eigenvalue weighted by atomic mass is 35.5. The molecule has 0 radical (unpaired) electrons. The molecule has 4 N–H and O–H groups in total. The minimum atomic E-state index is -1.33. The van der Waals surface area contributed by atoms with Gasteiger partial charge in [-0.05, 0) is 18.1 Å². The number of carboxylic acid groups (broad SMARTS) is 1. The van der Waals surface area contributed by atoms with Crippen LogP contribution in [0, 0.1) is 0 Å². The number of aliphatic hydroxyl groups excluding tert-OH is 1. The molecule has 92 valence electrons. The second-order valence-electron chi connectivity index (χ2n) is 2.68. The Labute approximate surface area is 101 Å². The van der Waals surface area contributed by atoms with Crippen LogP contribution < -0.4 is 5.73 Å². The molecule has 0 aliphatic heterocycles. The number of rotatable bonds is 2. The van der Waals surface area contributed by atoms with Crippen LogP contribution in [0.5, 0.6) is 0 Å². The summed E-state index contributed by atoms with van der Waals surface area (Å²) in [6.45, 7) is 2.16. The summed E-state index contributed by atoms with van der Waals surface area (Å²) in [5.41, 5.74) is 5.28. The molecule has 0 spiro atoms. The van der Waals surface area contributed by atoms with E-state index in [1.807, 2.05) is 18.2 Å². The number of aliphatic hydroxyl groups is 1. The zero-order chi connectivity index (χ0) is 13.0. The summed E-state index contributed by atoms with van der Waals surface area (Å²) in [5.74, 6) is 0. The standard InChI is InChI=1S/C9H11Cl.CH3NO2.CH4O/c1-2-5-8-6-3-4-7-9(8)10;2-1(3)4;1-2/h3-4,6-7H,2,5H2,1H3;2H2,(H,3,4);2H,1H3. The Bertz CT molecular complexity index is 288. The van der Waals surface area contributed by atoms with Gasteiger partial charge in [0.2, 0.25) is 0 Å². The fourth-order valence-corrected chi connectivity index (χ4v) is 1.20. The van der Waals surface area contributed by atoms with Crippen LogP contribution >= 0.6 is 11.6 Å². The van der Waals surface area contributed by atoms with Crippen molar-refractivity contribution in [3.63, 3.8) is 0 Å². The monoisotopic (exact) mass is 247 g/mol. The van der Waals surface area contributed by atoms with Crippen LogP contribution in [0.2, 0.25) is 5.02 Å². The normalized spacial score (nSPS) is 8.00. The zero-order valence-electron chi connectivity index (χ0n) is 9.48. The molecule has 0 saturated carbocycles. The van der Waals surface area contributed by atoms with E-state index in [1.165, 1.54) is 5.56 Å². The maximum Gasteiger partial charge on any atom is 0.402 e. The minimum absolute atomic E-state index is 0.893. The summed E-state index contributed by atoms with van der Waals surface area (Å²) in [7, 11) is 1.00. The fraction of sp³-hybridized carbons (Fsp3) is 0.364. The summed E-state index contributed by atoms with van der Waals surface area (Å²) in [4.78, 5) is 8.78. The van der Waals surface area contributed by atoms with E-state index >= 15 is 0 Å². The van der Waals surface area contributed by atoms with E-state index in [-0.39, 0.29) is 0 Å². The Morgan fingerprint density at radius 3 is 2.19 bits per heavy atom. The average molecular weight is 248 g/mol. The number of primary amides is 1. The van der Waals surface area contributed by atoms with E-state index in [1.54, 1.807) is 0 Å². The molecule has 0 aliphatic carbocycles. The molecule has 16 heavy (non-hydrogen) atoms. The van der Waals surface area contributed by atoms with Gasteiger partial charge >= 0.3 is 6.09 Å². The van der Waals surface area contributed by atoms with Gasteiger partial charge in [-0.2, -0.15) is 0 Å². The zero-order valence-corrected chi connectivity index (χ0v) is 10.2. The lowest BCUT2D eigenvalue weighted by atomic mass is 10.1. The van der Waals surface area contributed by atoms with E-state index in [0.29, 0.717) is 0 Å². The summed E-state index contributed by atoms with van der Waals surface area (Å²) in [6.07, 6.45) is 0.906. The number of benzene rings is 1. The second-order valence-corrected chi connectivity index (χ2v) is 3.09. The Hall–Kier alpha value is -1.26. The summed E-state index contributed by atoms with van der Waals surface area (Å²) < 4.78 is 0. The van der Waals surface area contributed by atoms with Crippen LogP contribution in [0.3, 0.4) is 0 Å². The number of hydrogen-bond donors (Lipinski definition) is 3. The Morgan fingerprint density at radius 2 is 1.81 bits per heavy atom. The van der Waals surface area contributed by atoms with Crippen molar-refractivity contribution in [1.82, 2.24) is 0 Å². The van der Waals surface area contributed by atoms with E-state index < -0.39 is 6.09 Å². The molecule has 0 aliphatic rings. The first-order valence-electron chi connectivity index (χ1n) is 4.74. The number of hydrogen-bond acceptors (Lipinski definition) is 2. The van der Waals surface area contributed by atoms with Gasteiger partial charge in [-0.25, -0.2) is 4.79 Å². The van der Waals surface area contributed by atoms with Gasteiger partial charge in [0.05, 0.1) is 0 Å².